The molecule has 2 atom stereocenters. The number of amides is 3. The number of likely N-dealkylation sites (tertiary alicyclic amines) is 2. The Balaban J connectivity index is 1.17. The molecule has 9 heteroatoms. The number of halogens is 1. The van der Waals surface area contributed by atoms with Gasteiger partial charge < -0.3 is 15.1 Å². The number of benzene rings is 2. The van der Waals surface area contributed by atoms with Crippen LogP contribution in [-0.2, 0) is 9.59 Å². The average molecular weight is 495 g/mol. The number of anilines is 1. The van der Waals surface area contributed by atoms with Gasteiger partial charge in [0.15, 0.2) is 5.17 Å². The molecule has 3 heterocycles. The molecule has 0 saturated carbocycles. The molecule has 5 rings (SSSR count). The number of hydrogen-bond donors (Lipinski definition) is 1. The van der Waals surface area contributed by atoms with E-state index >= 15 is 0 Å². The smallest absolute Gasteiger partial charge is 0.262 e. The van der Waals surface area contributed by atoms with Crippen LogP contribution < -0.4 is 5.32 Å². The molecule has 2 fully saturated rings. The molecule has 0 aliphatic carbocycles. The Hall–Kier alpha value is -3.20. The van der Waals surface area contributed by atoms with Crippen molar-refractivity contribution in [2.24, 2.45) is 4.99 Å². The van der Waals surface area contributed by atoms with E-state index in [9.17, 15) is 18.8 Å². The standard InChI is InChI=1S/C26H27FN4O3S/c27-19-9-5-17(6-10-19)21-4-3-15-31(21)25(34)18-7-11-20(12-8-18)28-23(32)16-22-24(33)29-26(35-22)30-13-1-2-14-30/h5-12,21-22H,1-4,13-16H2,(H,28,32)/t21-,22+/m0/s1. The van der Waals surface area contributed by atoms with E-state index < -0.39 is 5.25 Å². The second-order valence-electron chi connectivity index (χ2n) is 9.07. The zero-order valence-corrected chi connectivity index (χ0v) is 20.1. The highest BCUT2D eigenvalue weighted by Crippen LogP contribution is 2.33. The third kappa shape index (κ3) is 5.24. The fraction of sp³-hybridized carbons (Fsp3) is 0.385. The van der Waals surface area contributed by atoms with Gasteiger partial charge in [-0.2, -0.15) is 4.99 Å². The third-order valence-electron chi connectivity index (χ3n) is 6.66. The Morgan fingerprint density at radius 3 is 2.43 bits per heavy atom. The number of hydrogen-bond acceptors (Lipinski definition) is 5. The summed E-state index contributed by atoms with van der Waals surface area (Å²) in [5.74, 6) is -0.898. The lowest BCUT2D eigenvalue weighted by molar-refractivity contribution is -0.121. The molecule has 0 bridgehead atoms. The Bertz CT molecular complexity index is 1150. The Labute approximate surface area is 207 Å². The van der Waals surface area contributed by atoms with Crippen LogP contribution in [0.5, 0.6) is 0 Å². The first-order valence-electron chi connectivity index (χ1n) is 12.0. The van der Waals surface area contributed by atoms with Crippen LogP contribution in [-0.4, -0.2) is 57.6 Å². The molecule has 2 aromatic rings. The van der Waals surface area contributed by atoms with Gasteiger partial charge in [0.25, 0.3) is 11.8 Å². The first-order chi connectivity index (χ1) is 17.0. The van der Waals surface area contributed by atoms with Crippen molar-refractivity contribution in [1.82, 2.24) is 9.80 Å². The van der Waals surface area contributed by atoms with Crippen LogP contribution in [0.3, 0.4) is 0 Å². The molecule has 0 spiro atoms. The van der Waals surface area contributed by atoms with Crippen molar-refractivity contribution in [2.75, 3.05) is 25.0 Å². The fourth-order valence-electron chi connectivity index (χ4n) is 4.84. The van der Waals surface area contributed by atoms with Gasteiger partial charge in [-0.25, -0.2) is 4.39 Å². The minimum absolute atomic E-state index is 0.0537. The number of amidine groups is 1. The highest BCUT2D eigenvalue weighted by Gasteiger charge is 2.34. The lowest BCUT2D eigenvalue weighted by Gasteiger charge is -2.25. The minimum Gasteiger partial charge on any atom is -0.351 e. The monoisotopic (exact) mass is 494 g/mol. The molecule has 182 valence electrons. The summed E-state index contributed by atoms with van der Waals surface area (Å²) in [6, 6.07) is 13.0. The summed E-state index contributed by atoms with van der Waals surface area (Å²) < 4.78 is 13.3. The largest absolute Gasteiger partial charge is 0.351 e. The number of carbonyl (C=O) groups is 3. The van der Waals surface area contributed by atoms with E-state index in [0.29, 0.717) is 17.8 Å². The van der Waals surface area contributed by atoms with E-state index in [0.717, 1.165) is 49.5 Å². The summed E-state index contributed by atoms with van der Waals surface area (Å²) in [7, 11) is 0. The predicted molar refractivity (Wildman–Crippen MR) is 134 cm³/mol. The third-order valence-corrected chi connectivity index (χ3v) is 7.87. The van der Waals surface area contributed by atoms with Gasteiger partial charge in [0, 0.05) is 37.3 Å². The molecule has 3 aliphatic heterocycles. The summed E-state index contributed by atoms with van der Waals surface area (Å²) in [6.07, 6.45) is 3.98. The van der Waals surface area contributed by atoms with Crippen LogP contribution in [0.25, 0.3) is 0 Å². The zero-order valence-electron chi connectivity index (χ0n) is 19.3. The van der Waals surface area contributed by atoms with E-state index in [-0.39, 0.29) is 36.0 Å². The molecule has 0 unspecified atom stereocenters. The molecular weight excluding hydrogens is 467 g/mol. The molecule has 0 aromatic heterocycles. The van der Waals surface area contributed by atoms with Gasteiger partial charge in [0.2, 0.25) is 5.91 Å². The van der Waals surface area contributed by atoms with Gasteiger partial charge >= 0.3 is 0 Å². The molecule has 1 N–H and O–H groups in total. The highest BCUT2D eigenvalue weighted by atomic mass is 32.2. The maximum atomic E-state index is 13.3. The quantitative estimate of drug-likeness (QED) is 0.673. The normalized spacial score (nSPS) is 22.0. The lowest BCUT2D eigenvalue weighted by atomic mass is 10.0. The molecule has 2 aromatic carbocycles. The van der Waals surface area contributed by atoms with Crippen LogP contribution >= 0.6 is 11.8 Å². The second kappa shape index (κ2) is 10.2. The van der Waals surface area contributed by atoms with E-state index in [1.54, 1.807) is 36.4 Å². The molecule has 0 radical (unpaired) electrons. The molecule has 35 heavy (non-hydrogen) atoms. The van der Waals surface area contributed by atoms with Crippen LogP contribution in [0, 0.1) is 5.82 Å². The van der Waals surface area contributed by atoms with E-state index in [1.165, 1.54) is 23.9 Å². The van der Waals surface area contributed by atoms with E-state index in [2.05, 4.69) is 15.2 Å². The van der Waals surface area contributed by atoms with Crippen molar-refractivity contribution in [2.45, 2.75) is 43.4 Å². The van der Waals surface area contributed by atoms with Crippen molar-refractivity contribution < 1.29 is 18.8 Å². The van der Waals surface area contributed by atoms with Crippen molar-refractivity contribution in [3.8, 4) is 0 Å². The van der Waals surface area contributed by atoms with Crippen molar-refractivity contribution >= 4 is 40.3 Å². The molecule has 2 saturated heterocycles. The van der Waals surface area contributed by atoms with Gasteiger partial charge in [-0.05, 0) is 67.6 Å². The van der Waals surface area contributed by atoms with Gasteiger partial charge in [-0.3, -0.25) is 14.4 Å². The SMILES string of the molecule is O=C(C[C@H]1SC(N2CCCC2)=NC1=O)Nc1ccc(C(=O)N2CCC[C@H]2c2ccc(F)cc2)cc1. The van der Waals surface area contributed by atoms with Crippen LogP contribution in [0.1, 0.15) is 54.1 Å². The van der Waals surface area contributed by atoms with Gasteiger partial charge in [0.05, 0.1) is 6.04 Å². The second-order valence-corrected chi connectivity index (χ2v) is 10.2. The molecule has 3 aliphatic rings. The zero-order chi connectivity index (χ0) is 24.4. The lowest BCUT2D eigenvalue weighted by Crippen LogP contribution is -2.30. The number of nitrogens with zero attached hydrogens (tertiary/aromatic N) is 3. The van der Waals surface area contributed by atoms with Gasteiger partial charge in [-0.1, -0.05) is 23.9 Å². The van der Waals surface area contributed by atoms with Crippen molar-refractivity contribution in [3.63, 3.8) is 0 Å². The van der Waals surface area contributed by atoms with E-state index in [4.69, 9.17) is 0 Å². The topological polar surface area (TPSA) is 82.1 Å². The number of carbonyl (C=O) groups excluding carboxylic acids is 3. The van der Waals surface area contributed by atoms with Crippen molar-refractivity contribution in [3.05, 3.63) is 65.5 Å². The summed E-state index contributed by atoms with van der Waals surface area (Å²) in [4.78, 5) is 46.0. The maximum Gasteiger partial charge on any atom is 0.262 e. The summed E-state index contributed by atoms with van der Waals surface area (Å²) in [6.45, 7) is 2.46. The first-order valence-corrected chi connectivity index (χ1v) is 12.9. The Morgan fingerprint density at radius 2 is 1.71 bits per heavy atom. The predicted octanol–water partition coefficient (Wildman–Crippen LogP) is 4.23. The molecule has 3 amide bonds. The van der Waals surface area contributed by atoms with Crippen LogP contribution in [0.4, 0.5) is 10.1 Å². The number of nitrogens with one attached hydrogen (secondary N) is 1. The Kier molecular flexibility index (Phi) is 6.86. The number of thioether (sulfide) groups is 1. The van der Waals surface area contributed by atoms with E-state index in [1.807, 2.05) is 4.90 Å². The fourth-order valence-corrected chi connectivity index (χ4v) is 5.95. The Morgan fingerprint density at radius 1 is 1.00 bits per heavy atom. The van der Waals surface area contributed by atoms with Crippen molar-refractivity contribution in [1.29, 1.82) is 0 Å². The number of rotatable bonds is 5. The summed E-state index contributed by atoms with van der Waals surface area (Å²) in [5, 5.41) is 3.06. The highest BCUT2D eigenvalue weighted by molar-refractivity contribution is 8.15. The van der Waals surface area contributed by atoms with Crippen LogP contribution in [0.15, 0.2) is 53.5 Å². The summed E-state index contributed by atoms with van der Waals surface area (Å²) >= 11 is 1.37. The summed E-state index contributed by atoms with van der Waals surface area (Å²) in [5.41, 5.74) is 2.03. The minimum atomic E-state index is -0.495. The van der Waals surface area contributed by atoms with Gasteiger partial charge in [0.1, 0.15) is 11.1 Å². The number of aliphatic imine (C=N–C) groups is 1. The maximum absolute atomic E-state index is 13.3. The van der Waals surface area contributed by atoms with Crippen LogP contribution in [0.2, 0.25) is 0 Å². The molecule has 7 nitrogen and oxygen atoms in total. The first kappa shape index (κ1) is 23.5. The average Bonchev–Trinajstić information content (AvgIpc) is 3.61. The molecular formula is C26H27FN4O3S. The van der Waals surface area contributed by atoms with Gasteiger partial charge in [-0.15, -0.1) is 0 Å².